The molecule has 0 unspecified atom stereocenters. The fourth-order valence-electron chi connectivity index (χ4n) is 4.62. The molecule has 6 nitrogen and oxygen atoms in total. The summed E-state index contributed by atoms with van der Waals surface area (Å²) in [5, 5.41) is 14.0. The number of pyridine rings is 1. The van der Waals surface area contributed by atoms with Crippen LogP contribution in [0.1, 0.15) is 27.2 Å². The Labute approximate surface area is 218 Å². The van der Waals surface area contributed by atoms with Crippen LogP contribution in [0.25, 0.3) is 55.0 Å². The molecule has 184 valence electrons. The van der Waals surface area contributed by atoms with Gasteiger partial charge in [0.1, 0.15) is 11.2 Å². The number of thiophene rings is 1. The Hall–Kier alpha value is -4.23. The topological polar surface area (TPSA) is 86.5 Å². The van der Waals surface area contributed by atoms with E-state index in [1.807, 2.05) is 36.4 Å². The fraction of sp³-hybridized carbons (Fsp3) is 0.167. The van der Waals surface area contributed by atoms with Crippen molar-refractivity contribution in [3.05, 3.63) is 78.2 Å². The summed E-state index contributed by atoms with van der Waals surface area (Å²) in [5.74, 6) is 0.00547. The van der Waals surface area contributed by atoms with E-state index in [0.29, 0.717) is 6.42 Å². The van der Waals surface area contributed by atoms with Crippen LogP contribution in [0.3, 0.4) is 0 Å². The van der Waals surface area contributed by atoms with Crippen molar-refractivity contribution < 1.29 is 4.79 Å². The smallest absolute Gasteiger partial charge is 0.224 e. The summed E-state index contributed by atoms with van der Waals surface area (Å²) < 4.78 is 0. The van der Waals surface area contributed by atoms with Gasteiger partial charge in [-0.1, -0.05) is 51.1 Å². The molecule has 0 bridgehead atoms. The summed E-state index contributed by atoms with van der Waals surface area (Å²) in [4.78, 5) is 22.2. The Bertz CT molecular complexity index is 1740. The quantitative estimate of drug-likeness (QED) is 0.223. The highest BCUT2D eigenvalue weighted by molar-refractivity contribution is 7.13. The molecule has 0 fully saturated rings. The van der Waals surface area contributed by atoms with Gasteiger partial charge in [0.05, 0.1) is 16.9 Å². The van der Waals surface area contributed by atoms with Gasteiger partial charge < -0.3 is 10.3 Å². The number of hydrogen-bond acceptors (Lipinski definition) is 4. The number of aromatic amines is 2. The minimum absolute atomic E-state index is 0.00547. The van der Waals surface area contributed by atoms with E-state index in [1.54, 1.807) is 11.3 Å². The van der Waals surface area contributed by atoms with Gasteiger partial charge in [-0.05, 0) is 53.3 Å². The SMILES string of the molecule is CC(C)(C)CC(=O)Nc1cccc(-c2ccc3[nH]nc(-c4cc5c(-c6cccs6)cccc5[nH]4)c3n2)c1. The summed E-state index contributed by atoms with van der Waals surface area (Å²) in [6, 6.07) is 24.5. The van der Waals surface area contributed by atoms with Gasteiger partial charge in [-0.2, -0.15) is 5.10 Å². The van der Waals surface area contributed by atoms with Crippen molar-refractivity contribution in [2.24, 2.45) is 5.41 Å². The fourth-order valence-corrected chi connectivity index (χ4v) is 5.39. The van der Waals surface area contributed by atoms with Gasteiger partial charge >= 0.3 is 0 Å². The number of nitrogens with zero attached hydrogens (tertiary/aromatic N) is 2. The maximum absolute atomic E-state index is 12.4. The van der Waals surface area contributed by atoms with E-state index in [2.05, 4.69) is 83.0 Å². The average Bonchev–Trinajstić information content (AvgIpc) is 3.61. The number of benzene rings is 2. The number of carbonyl (C=O) groups is 1. The third kappa shape index (κ3) is 4.66. The molecule has 3 N–H and O–H groups in total. The summed E-state index contributed by atoms with van der Waals surface area (Å²) in [6.07, 6.45) is 0.457. The minimum Gasteiger partial charge on any atom is -0.353 e. The molecule has 37 heavy (non-hydrogen) atoms. The Morgan fingerprint density at radius 2 is 1.84 bits per heavy atom. The summed E-state index contributed by atoms with van der Waals surface area (Å²) in [7, 11) is 0. The van der Waals surface area contributed by atoms with Crippen LogP contribution in [-0.2, 0) is 4.79 Å². The lowest BCUT2D eigenvalue weighted by molar-refractivity contribution is -0.117. The first-order chi connectivity index (χ1) is 17.8. The number of hydrogen-bond donors (Lipinski definition) is 3. The Balaban J connectivity index is 1.36. The van der Waals surface area contributed by atoms with Gasteiger partial charge in [0.2, 0.25) is 5.91 Å². The van der Waals surface area contributed by atoms with Crippen LogP contribution in [0.5, 0.6) is 0 Å². The molecule has 2 aromatic carbocycles. The first-order valence-corrected chi connectivity index (χ1v) is 13.1. The van der Waals surface area contributed by atoms with Crippen LogP contribution in [0.15, 0.2) is 78.2 Å². The molecule has 4 heterocycles. The van der Waals surface area contributed by atoms with E-state index in [-0.39, 0.29) is 11.3 Å². The van der Waals surface area contributed by atoms with Crippen LogP contribution in [-0.4, -0.2) is 26.1 Å². The highest BCUT2D eigenvalue weighted by Gasteiger charge is 2.17. The lowest BCUT2D eigenvalue weighted by atomic mass is 9.92. The van der Waals surface area contributed by atoms with Gasteiger partial charge in [0.25, 0.3) is 0 Å². The zero-order valence-electron chi connectivity index (χ0n) is 20.9. The van der Waals surface area contributed by atoms with Crippen molar-refractivity contribution in [1.29, 1.82) is 0 Å². The van der Waals surface area contributed by atoms with Crippen molar-refractivity contribution >= 4 is 44.9 Å². The Kier molecular flexibility index (Phi) is 5.65. The van der Waals surface area contributed by atoms with Crippen LogP contribution in [0.2, 0.25) is 0 Å². The highest BCUT2D eigenvalue weighted by atomic mass is 32.1. The molecule has 0 saturated heterocycles. The predicted molar refractivity (Wildman–Crippen MR) is 153 cm³/mol. The Morgan fingerprint density at radius 1 is 0.973 bits per heavy atom. The standard InChI is InChI=1S/C30H27N5OS/c1-30(2,3)17-27(36)31-19-8-4-7-18(15-19)22-12-13-24-28(33-22)29(35-34-24)25-16-21-20(26-11-6-14-37-26)9-5-10-23(21)32-25/h4-16,32H,17H2,1-3H3,(H,31,36)(H,34,35). The van der Waals surface area contributed by atoms with E-state index in [4.69, 9.17) is 4.98 Å². The first kappa shape index (κ1) is 23.2. The summed E-state index contributed by atoms with van der Waals surface area (Å²) in [6.45, 7) is 6.17. The van der Waals surface area contributed by atoms with Crippen LogP contribution >= 0.6 is 11.3 Å². The van der Waals surface area contributed by atoms with Gasteiger partial charge in [0.15, 0.2) is 0 Å². The van der Waals surface area contributed by atoms with E-state index in [9.17, 15) is 4.79 Å². The highest BCUT2D eigenvalue weighted by Crippen LogP contribution is 2.36. The van der Waals surface area contributed by atoms with E-state index < -0.39 is 0 Å². The number of aromatic nitrogens is 4. The molecule has 0 atom stereocenters. The normalized spacial score (nSPS) is 11.9. The van der Waals surface area contributed by atoms with Crippen LogP contribution < -0.4 is 5.32 Å². The zero-order valence-corrected chi connectivity index (χ0v) is 21.7. The number of H-pyrrole nitrogens is 2. The monoisotopic (exact) mass is 505 g/mol. The minimum atomic E-state index is -0.0703. The number of amides is 1. The largest absolute Gasteiger partial charge is 0.353 e. The molecule has 0 spiro atoms. The lowest BCUT2D eigenvalue weighted by Crippen LogP contribution is -2.19. The number of anilines is 1. The molecule has 0 aliphatic rings. The molecule has 6 aromatic rings. The van der Waals surface area contributed by atoms with Gasteiger partial charge in [-0.3, -0.25) is 9.89 Å². The number of fused-ring (bicyclic) bond motifs is 2. The third-order valence-electron chi connectivity index (χ3n) is 6.25. The van der Waals surface area contributed by atoms with Crippen molar-refractivity contribution in [1.82, 2.24) is 20.2 Å². The maximum atomic E-state index is 12.4. The first-order valence-electron chi connectivity index (χ1n) is 12.3. The molecule has 0 aliphatic carbocycles. The predicted octanol–water partition coefficient (Wildman–Crippen LogP) is 7.88. The number of nitrogens with one attached hydrogen (secondary N) is 3. The molecule has 0 aliphatic heterocycles. The molecule has 0 radical (unpaired) electrons. The van der Waals surface area contributed by atoms with E-state index >= 15 is 0 Å². The summed E-state index contributed by atoms with van der Waals surface area (Å²) in [5.41, 5.74) is 8.06. The number of carbonyl (C=O) groups excluding carboxylic acids is 1. The average molecular weight is 506 g/mol. The second-order valence-corrected chi connectivity index (χ2v) is 11.4. The molecule has 1 amide bonds. The van der Waals surface area contributed by atoms with Crippen molar-refractivity contribution in [2.75, 3.05) is 5.32 Å². The zero-order chi connectivity index (χ0) is 25.6. The van der Waals surface area contributed by atoms with E-state index in [0.717, 1.165) is 50.3 Å². The van der Waals surface area contributed by atoms with E-state index in [1.165, 1.54) is 10.4 Å². The molecule has 6 rings (SSSR count). The van der Waals surface area contributed by atoms with Gasteiger partial charge in [-0.25, -0.2) is 4.98 Å². The summed E-state index contributed by atoms with van der Waals surface area (Å²) >= 11 is 1.73. The molecule has 0 saturated carbocycles. The van der Waals surface area contributed by atoms with Crippen LogP contribution in [0, 0.1) is 5.41 Å². The van der Waals surface area contributed by atoms with Gasteiger partial charge in [-0.15, -0.1) is 11.3 Å². The maximum Gasteiger partial charge on any atom is 0.224 e. The number of rotatable bonds is 5. The van der Waals surface area contributed by atoms with Crippen LogP contribution in [0.4, 0.5) is 5.69 Å². The Morgan fingerprint density at radius 3 is 2.65 bits per heavy atom. The third-order valence-corrected chi connectivity index (χ3v) is 7.15. The second-order valence-electron chi connectivity index (χ2n) is 10.5. The lowest BCUT2D eigenvalue weighted by Gasteiger charge is -2.17. The van der Waals surface area contributed by atoms with Crippen molar-refractivity contribution in [3.63, 3.8) is 0 Å². The molecule has 7 heteroatoms. The van der Waals surface area contributed by atoms with Crippen molar-refractivity contribution in [3.8, 4) is 33.1 Å². The van der Waals surface area contributed by atoms with Gasteiger partial charge in [0, 0.05) is 39.0 Å². The second kappa shape index (κ2) is 9.01. The molecular weight excluding hydrogens is 478 g/mol. The molecule has 4 aromatic heterocycles. The van der Waals surface area contributed by atoms with Crippen molar-refractivity contribution in [2.45, 2.75) is 27.2 Å². The molecular formula is C30H27N5OS.